The van der Waals surface area contributed by atoms with Crippen LogP contribution in [0, 0.1) is 5.92 Å². The van der Waals surface area contributed by atoms with E-state index in [1.54, 1.807) is 0 Å². The predicted octanol–water partition coefficient (Wildman–Crippen LogP) is 2.23. The fourth-order valence-electron chi connectivity index (χ4n) is 2.12. The zero-order valence-corrected chi connectivity index (χ0v) is 11.3. The molecule has 5 heteroatoms. The first-order valence-corrected chi connectivity index (χ1v) is 6.94. The second-order valence-electron chi connectivity index (χ2n) is 4.98. The predicted molar refractivity (Wildman–Crippen MR) is 68.0 cm³/mol. The van der Waals surface area contributed by atoms with Crippen LogP contribution in [0.5, 0.6) is 0 Å². The van der Waals surface area contributed by atoms with Gasteiger partial charge in [-0.3, -0.25) is 0 Å². The van der Waals surface area contributed by atoms with E-state index in [0.717, 1.165) is 12.8 Å². The Labute approximate surface area is 108 Å². The van der Waals surface area contributed by atoms with Gasteiger partial charge in [-0.2, -0.15) is 4.98 Å². The molecule has 18 heavy (non-hydrogen) atoms. The molecule has 2 atom stereocenters. The highest BCUT2D eigenvalue weighted by molar-refractivity contribution is 4.96. The molecule has 0 amide bonds. The van der Waals surface area contributed by atoms with Crippen LogP contribution in [-0.4, -0.2) is 22.8 Å². The van der Waals surface area contributed by atoms with Crippen molar-refractivity contribution < 1.29 is 9.26 Å². The first kappa shape index (κ1) is 13.5. The first-order valence-electron chi connectivity index (χ1n) is 6.94. The Bertz CT molecular complexity index is 357. The van der Waals surface area contributed by atoms with Gasteiger partial charge >= 0.3 is 0 Å². The Morgan fingerprint density at radius 3 is 2.83 bits per heavy atom. The van der Waals surface area contributed by atoms with Crippen LogP contribution in [0.3, 0.4) is 0 Å². The van der Waals surface area contributed by atoms with Crippen molar-refractivity contribution in [1.29, 1.82) is 0 Å². The molecule has 2 N–H and O–H groups in total. The number of hydrogen-bond acceptors (Lipinski definition) is 5. The van der Waals surface area contributed by atoms with E-state index in [-0.39, 0.29) is 12.1 Å². The highest BCUT2D eigenvalue weighted by atomic mass is 16.5. The van der Waals surface area contributed by atoms with Gasteiger partial charge in [0.2, 0.25) is 11.7 Å². The maximum Gasteiger partial charge on any atom is 0.228 e. The molecule has 0 saturated heterocycles. The molecular weight excluding hydrogens is 230 g/mol. The van der Waals surface area contributed by atoms with Gasteiger partial charge in [0.1, 0.15) is 6.10 Å². The van der Waals surface area contributed by atoms with Crippen LogP contribution in [0.1, 0.15) is 57.3 Å². The van der Waals surface area contributed by atoms with Gasteiger partial charge in [-0.25, -0.2) is 0 Å². The van der Waals surface area contributed by atoms with Crippen LogP contribution in [0.2, 0.25) is 0 Å². The van der Waals surface area contributed by atoms with Crippen LogP contribution in [-0.2, 0) is 11.2 Å². The van der Waals surface area contributed by atoms with Gasteiger partial charge in [-0.1, -0.05) is 18.5 Å². The van der Waals surface area contributed by atoms with Crippen LogP contribution >= 0.6 is 0 Å². The molecule has 0 radical (unpaired) electrons. The number of ether oxygens (including phenoxy) is 1. The minimum Gasteiger partial charge on any atom is -0.370 e. The zero-order valence-electron chi connectivity index (χ0n) is 11.3. The number of nitrogens with two attached hydrogens (primary N) is 1. The molecule has 2 unspecified atom stereocenters. The molecule has 1 heterocycles. The van der Waals surface area contributed by atoms with E-state index >= 15 is 0 Å². The summed E-state index contributed by atoms with van der Waals surface area (Å²) in [5.41, 5.74) is 6.05. The Morgan fingerprint density at radius 1 is 1.44 bits per heavy atom. The lowest BCUT2D eigenvalue weighted by Crippen LogP contribution is -2.25. The topological polar surface area (TPSA) is 74.2 Å². The van der Waals surface area contributed by atoms with E-state index in [0.29, 0.717) is 30.7 Å². The summed E-state index contributed by atoms with van der Waals surface area (Å²) in [5.74, 6) is 1.96. The van der Waals surface area contributed by atoms with E-state index in [4.69, 9.17) is 15.0 Å². The van der Waals surface area contributed by atoms with E-state index in [1.165, 1.54) is 12.8 Å². The SMILES string of the molecule is CCCC(OCC)c1noc(CC(N)C2CC2)n1. The molecule has 5 nitrogen and oxygen atoms in total. The van der Waals surface area contributed by atoms with Crippen molar-refractivity contribution >= 4 is 0 Å². The van der Waals surface area contributed by atoms with Crippen LogP contribution in [0.15, 0.2) is 4.52 Å². The Balaban J connectivity index is 1.94. The highest BCUT2D eigenvalue weighted by Gasteiger charge is 2.30. The first-order chi connectivity index (χ1) is 8.74. The van der Waals surface area contributed by atoms with E-state index in [9.17, 15) is 0 Å². The maximum atomic E-state index is 6.05. The molecule has 102 valence electrons. The van der Waals surface area contributed by atoms with Gasteiger partial charge in [0.05, 0.1) is 0 Å². The summed E-state index contributed by atoms with van der Waals surface area (Å²) in [6, 6.07) is 0.162. The number of rotatable bonds is 8. The summed E-state index contributed by atoms with van der Waals surface area (Å²) < 4.78 is 10.9. The highest BCUT2D eigenvalue weighted by Crippen LogP contribution is 2.32. The minimum atomic E-state index is -0.0466. The third-order valence-electron chi connectivity index (χ3n) is 3.33. The van der Waals surface area contributed by atoms with E-state index < -0.39 is 0 Å². The molecule has 0 aromatic carbocycles. The molecule has 2 rings (SSSR count). The fraction of sp³-hybridized carbons (Fsp3) is 0.846. The molecule has 1 aromatic heterocycles. The van der Waals surface area contributed by atoms with Crippen molar-refractivity contribution in [2.24, 2.45) is 11.7 Å². The lowest BCUT2D eigenvalue weighted by Gasteiger charge is -2.11. The second-order valence-corrected chi connectivity index (χ2v) is 4.98. The third-order valence-corrected chi connectivity index (χ3v) is 3.33. The summed E-state index contributed by atoms with van der Waals surface area (Å²) in [6.45, 7) is 4.76. The Kier molecular flexibility index (Phi) is 4.72. The maximum absolute atomic E-state index is 6.05. The molecular formula is C13H23N3O2. The standard InChI is InChI=1S/C13H23N3O2/c1-3-5-11(17-4-2)13-15-12(18-16-13)8-10(14)9-6-7-9/h9-11H,3-8,14H2,1-2H3. The van der Waals surface area contributed by atoms with Gasteiger partial charge in [0.15, 0.2) is 0 Å². The smallest absolute Gasteiger partial charge is 0.228 e. The molecule has 1 fully saturated rings. The molecule has 1 saturated carbocycles. The summed E-state index contributed by atoms with van der Waals surface area (Å²) in [5, 5.41) is 4.02. The molecule has 1 aliphatic carbocycles. The van der Waals surface area contributed by atoms with Crippen molar-refractivity contribution in [3.8, 4) is 0 Å². The summed E-state index contributed by atoms with van der Waals surface area (Å²) >= 11 is 0. The quantitative estimate of drug-likeness (QED) is 0.769. The normalized spacial score (nSPS) is 18.8. The van der Waals surface area contributed by atoms with E-state index in [1.807, 2.05) is 6.92 Å². The largest absolute Gasteiger partial charge is 0.370 e. The average Bonchev–Trinajstić information content (AvgIpc) is 3.11. The van der Waals surface area contributed by atoms with Gasteiger partial charge in [0, 0.05) is 19.1 Å². The van der Waals surface area contributed by atoms with Crippen molar-refractivity contribution in [2.75, 3.05) is 6.61 Å². The van der Waals surface area contributed by atoms with Gasteiger partial charge < -0.3 is 15.0 Å². The number of aromatic nitrogens is 2. The van der Waals surface area contributed by atoms with Crippen LogP contribution in [0.4, 0.5) is 0 Å². The second kappa shape index (κ2) is 6.29. The lowest BCUT2D eigenvalue weighted by atomic mass is 10.1. The molecule has 0 aliphatic heterocycles. The van der Waals surface area contributed by atoms with Gasteiger partial charge in [-0.05, 0) is 32.1 Å². The molecule has 0 spiro atoms. The van der Waals surface area contributed by atoms with Crippen molar-refractivity contribution in [1.82, 2.24) is 10.1 Å². The zero-order chi connectivity index (χ0) is 13.0. The molecule has 1 aliphatic rings. The number of hydrogen-bond donors (Lipinski definition) is 1. The van der Waals surface area contributed by atoms with Gasteiger partial charge in [0.25, 0.3) is 0 Å². The monoisotopic (exact) mass is 253 g/mol. The number of nitrogens with zero attached hydrogens (tertiary/aromatic N) is 2. The van der Waals surface area contributed by atoms with Crippen LogP contribution in [0.25, 0.3) is 0 Å². The Hall–Kier alpha value is -0.940. The van der Waals surface area contributed by atoms with Crippen molar-refractivity contribution in [3.63, 3.8) is 0 Å². The lowest BCUT2D eigenvalue weighted by molar-refractivity contribution is 0.0478. The summed E-state index contributed by atoms with van der Waals surface area (Å²) in [4.78, 5) is 4.42. The Morgan fingerprint density at radius 2 is 2.22 bits per heavy atom. The van der Waals surface area contributed by atoms with E-state index in [2.05, 4.69) is 17.1 Å². The molecule has 0 bridgehead atoms. The summed E-state index contributed by atoms with van der Waals surface area (Å²) in [7, 11) is 0. The average molecular weight is 253 g/mol. The summed E-state index contributed by atoms with van der Waals surface area (Å²) in [6.07, 6.45) is 5.06. The van der Waals surface area contributed by atoms with Crippen LogP contribution < -0.4 is 5.73 Å². The van der Waals surface area contributed by atoms with Crippen molar-refractivity contribution in [2.45, 2.75) is 58.1 Å². The fourth-order valence-corrected chi connectivity index (χ4v) is 2.12. The van der Waals surface area contributed by atoms with Crippen molar-refractivity contribution in [3.05, 3.63) is 11.7 Å². The third kappa shape index (κ3) is 3.53. The van der Waals surface area contributed by atoms with Gasteiger partial charge in [-0.15, -0.1) is 0 Å². The molecule has 1 aromatic rings. The minimum absolute atomic E-state index is 0.0466.